The van der Waals surface area contributed by atoms with Crippen LogP contribution in [0.4, 0.5) is 9.59 Å². The van der Waals surface area contributed by atoms with Crippen molar-refractivity contribution in [3.63, 3.8) is 0 Å². The lowest BCUT2D eigenvalue weighted by Crippen LogP contribution is -2.47. The number of hydrogen-bond acceptors (Lipinski definition) is 4. The molecule has 0 spiro atoms. The molecule has 6 amide bonds. The number of benzene rings is 1. The SMILES string of the molecule is CC(C)CCNC(=O)NC(=O)CN1C(=O)NC(C)(c2ccc(Cl)cc2)C1=O. The van der Waals surface area contributed by atoms with Crippen LogP contribution >= 0.6 is 11.6 Å². The fraction of sp³-hybridized carbons (Fsp3) is 0.444. The average molecular weight is 395 g/mol. The molecule has 1 aliphatic rings. The second kappa shape index (κ2) is 8.39. The minimum atomic E-state index is -1.30. The van der Waals surface area contributed by atoms with Gasteiger partial charge in [-0.05, 0) is 37.0 Å². The Kier molecular flexibility index (Phi) is 6.43. The maximum Gasteiger partial charge on any atom is 0.325 e. The molecule has 1 aromatic carbocycles. The molecule has 1 heterocycles. The van der Waals surface area contributed by atoms with E-state index in [-0.39, 0.29) is 0 Å². The van der Waals surface area contributed by atoms with E-state index in [0.29, 0.717) is 23.0 Å². The molecule has 1 unspecified atom stereocenters. The molecule has 1 aliphatic heterocycles. The summed E-state index contributed by atoms with van der Waals surface area (Å²) in [5.41, 5.74) is -0.763. The van der Waals surface area contributed by atoms with Crippen LogP contribution in [-0.2, 0) is 15.1 Å². The number of nitrogens with one attached hydrogen (secondary N) is 3. The molecular weight excluding hydrogens is 372 g/mol. The average Bonchev–Trinajstić information content (AvgIpc) is 2.79. The number of rotatable bonds is 6. The molecule has 0 aliphatic carbocycles. The van der Waals surface area contributed by atoms with Crippen molar-refractivity contribution in [1.82, 2.24) is 20.9 Å². The fourth-order valence-electron chi connectivity index (χ4n) is 2.65. The van der Waals surface area contributed by atoms with E-state index in [1.807, 2.05) is 13.8 Å². The number of urea groups is 2. The monoisotopic (exact) mass is 394 g/mol. The van der Waals surface area contributed by atoms with E-state index in [1.54, 1.807) is 31.2 Å². The Balaban J connectivity index is 1.97. The van der Waals surface area contributed by atoms with Gasteiger partial charge in [0, 0.05) is 11.6 Å². The van der Waals surface area contributed by atoms with E-state index < -0.39 is 36.0 Å². The fourth-order valence-corrected chi connectivity index (χ4v) is 2.77. The van der Waals surface area contributed by atoms with Gasteiger partial charge in [-0.15, -0.1) is 0 Å². The highest BCUT2D eigenvalue weighted by Crippen LogP contribution is 2.29. The van der Waals surface area contributed by atoms with Crippen molar-refractivity contribution < 1.29 is 19.2 Å². The van der Waals surface area contributed by atoms with Gasteiger partial charge in [-0.3, -0.25) is 19.8 Å². The van der Waals surface area contributed by atoms with Gasteiger partial charge in [-0.2, -0.15) is 0 Å². The smallest absolute Gasteiger partial charge is 0.325 e. The summed E-state index contributed by atoms with van der Waals surface area (Å²) in [6, 6.07) is 5.12. The van der Waals surface area contributed by atoms with Gasteiger partial charge in [0.25, 0.3) is 5.91 Å². The third-order valence-electron chi connectivity index (χ3n) is 4.26. The maximum absolute atomic E-state index is 12.7. The molecule has 8 nitrogen and oxygen atoms in total. The molecule has 9 heteroatoms. The Hall–Kier alpha value is -2.61. The van der Waals surface area contributed by atoms with Crippen LogP contribution in [0.15, 0.2) is 24.3 Å². The summed E-state index contributed by atoms with van der Waals surface area (Å²) in [6.45, 7) is 5.45. The number of imide groups is 2. The normalized spacial score (nSPS) is 19.2. The van der Waals surface area contributed by atoms with Gasteiger partial charge in [0.1, 0.15) is 12.1 Å². The van der Waals surface area contributed by atoms with E-state index >= 15 is 0 Å². The largest absolute Gasteiger partial charge is 0.338 e. The number of amides is 6. The minimum absolute atomic E-state index is 0.414. The zero-order chi connectivity index (χ0) is 20.2. The van der Waals surface area contributed by atoms with Gasteiger partial charge >= 0.3 is 12.1 Å². The highest BCUT2D eigenvalue weighted by atomic mass is 35.5. The van der Waals surface area contributed by atoms with Crippen molar-refractivity contribution in [2.45, 2.75) is 32.7 Å². The Morgan fingerprint density at radius 2 is 1.85 bits per heavy atom. The molecule has 0 radical (unpaired) electrons. The zero-order valence-corrected chi connectivity index (χ0v) is 16.2. The maximum atomic E-state index is 12.7. The predicted octanol–water partition coefficient (Wildman–Crippen LogP) is 1.98. The first kappa shape index (κ1) is 20.7. The molecule has 2 rings (SSSR count). The van der Waals surface area contributed by atoms with Crippen LogP contribution in [0, 0.1) is 5.92 Å². The molecule has 1 saturated heterocycles. The summed E-state index contributed by atoms with van der Waals surface area (Å²) < 4.78 is 0. The Morgan fingerprint density at radius 3 is 2.44 bits per heavy atom. The number of hydrogen-bond donors (Lipinski definition) is 3. The molecule has 27 heavy (non-hydrogen) atoms. The molecule has 1 aromatic rings. The summed E-state index contributed by atoms with van der Waals surface area (Å²) >= 11 is 5.85. The Morgan fingerprint density at radius 1 is 1.22 bits per heavy atom. The molecule has 3 N–H and O–H groups in total. The standard InChI is InChI=1S/C18H23ClN4O4/c1-11(2)8-9-20-16(26)21-14(24)10-23-15(25)18(3,22-17(23)27)12-4-6-13(19)7-5-12/h4-7,11H,8-10H2,1-3H3,(H,22,27)(H2,20,21,24,26). The lowest BCUT2D eigenvalue weighted by Gasteiger charge is -2.22. The Bertz CT molecular complexity index is 750. The number of carbonyl (C=O) groups excluding carboxylic acids is 4. The minimum Gasteiger partial charge on any atom is -0.338 e. The second-order valence-electron chi connectivity index (χ2n) is 6.94. The van der Waals surface area contributed by atoms with Crippen molar-refractivity contribution in [1.29, 1.82) is 0 Å². The van der Waals surface area contributed by atoms with E-state index in [0.717, 1.165) is 11.3 Å². The summed E-state index contributed by atoms with van der Waals surface area (Å²) in [4.78, 5) is 49.4. The third kappa shape index (κ3) is 4.97. The number of carbonyl (C=O) groups is 4. The van der Waals surface area contributed by atoms with Crippen molar-refractivity contribution in [3.8, 4) is 0 Å². The van der Waals surface area contributed by atoms with E-state index in [9.17, 15) is 19.2 Å². The topological polar surface area (TPSA) is 108 Å². The predicted molar refractivity (Wildman–Crippen MR) is 100 cm³/mol. The summed E-state index contributed by atoms with van der Waals surface area (Å²) in [7, 11) is 0. The Labute approximate surface area is 162 Å². The molecule has 146 valence electrons. The summed E-state index contributed by atoms with van der Waals surface area (Å²) in [5.74, 6) is -0.913. The van der Waals surface area contributed by atoms with Crippen LogP contribution in [-0.4, -0.2) is 41.9 Å². The third-order valence-corrected chi connectivity index (χ3v) is 4.51. The van der Waals surface area contributed by atoms with E-state index in [2.05, 4.69) is 16.0 Å². The van der Waals surface area contributed by atoms with E-state index in [1.165, 1.54) is 0 Å². The molecule has 0 aromatic heterocycles. The van der Waals surface area contributed by atoms with Crippen molar-refractivity contribution in [2.24, 2.45) is 5.92 Å². The molecule has 0 saturated carbocycles. The highest BCUT2D eigenvalue weighted by molar-refractivity contribution is 6.30. The lowest BCUT2D eigenvalue weighted by molar-refractivity contribution is -0.134. The molecule has 0 bridgehead atoms. The second-order valence-corrected chi connectivity index (χ2v) is 7.38. The van der Waals surface area contributed by atoms with Gasteiger partial charge in [0.05, 0.1) is 0 Å². The highest BCUT2D eigenvalue weighted by Gasteiger charge is 2.49. The first-order valence-electron chi connectivity index (χ1n) is 8.61. The van der Waals surface area contributed by atoms with Crippen LogP contribution in [0.3, 0.4) is 0 Å². The molecule has 1 fully saturated rings. The van der Waals surface area contributed by atoms with Crippen molar-refractivity contribution >= 4 is 35.5 Å². The van der Waals surface area contributed by atoms with Crippen LogP contribution in [0.5, 0.6) is 0 Å². The first-order valence-corrected chi connectivity index (χ1v) is 8.99. The zero-order valence-electron chi connectivity index (χ0n) is 15.5. The van der Waals surface area contributed by atoms with Gasteiger partial charge in [-0.25, -0.2) is 9.59 Å². The number of halogens is 1. The van der Waals surface area contributed by atoms with Crippen LogP contribution in [0.2, 0.25) is 5.02 Å². The van der Waals surface area contributed by atoms with Gasteiger partial charge in [0.2, 0.25) is 5.91 Å². The van der Waals surface area contributed by atoms with Gasteiger partial charge in [0.15, 0.2) is 0 Å². The van der Waals surface area contributed by atoms with Crippen molar-refractivity contribution in [2.75, 3.05) is 13.1 Å². The van der Waals surface area contributed by atoms with Crippen LogP contribution in [0.1, 0.15) is 32.8 Å². The van der Waals surface area contributed by atoms with E-state index in [4.69, 9.17) is 11.6 Å². The van der Waals surface area contributed by atoms with Crippen molar-refractivity contribution in [3.05, 3.63) is 34.9 Å². The molecular formula is C18H23ClN4O4. The molecule has 1 atom stereocenters. The summed E-state index contributed by atoms with van der Waals surface area (Å²) in [6.07, 6.45) is 0.772. The van der Waals surface area contributed by atoms with Crippen LogP contribution in [0.25, 0.3) is 0 Å². The van der Waals surface area contributed by atoms with Gasteiger partial charge in [-0.1, -0.05) is 37.6 Å². The lowest BCUT2D eigenvalue weighted by atomic mass is 9.92. The van der Waals surface area contributed by atoms with Crippen LogP contribution < -0.4 is 16.0 Å². The van der Waals surface area contributed by atoms with Gasteiger partial charge < -0.3 is 10.6 Å². The number of nitrogens with zero attached hydrogens (tertiary/aromatic N) is 1. The quantitative estimate of drug-likeness (QED) is 0.641. The first-order chi connectivity index (χ1) is 12.6. The summed E-state index contributed by atoms with van der Waals surface area (Å²) in [5, 5.41) is 7.75.